The van der Waals surface area contributed by atoms with Crippen LogP contribution in [0.5, 0.6) is 0 Å². The molecule has 0 spiro atoms. The summed E-state index contributed by atoms with van der Waals surface area (Å²) < 4.78 is 0. The van der Waals surface area contributed by atoms with E-state index < -0.39 is 0 Å². The molecule has 0 bridgehead atoms. The largest absolute Gasteiger partial charge is 0.382 e. The Morgan fingerprint density at radius 1 is 1.00 bits per heavy atom. The summed E-state index contributed by atoms with van der Waals surface area (Å²) in [5, 5.41) is 6.76. The van der Waals surface area contributed by atoms with Crippen molar-refractivity contribution in [3.8, 4) is 0 Å². The normalized spacial score (nSPS) is 25.0. The van der Waals surface area contributed by atoms with Crippen LogP contribution in [0.25, 0.3) is 0 Å². The highest BCUT2D eigenvalue weighted by molar-refractivity contribution is 5.73. The first-order valence-electron chi connectivity index (χ1n) is 9.59. The zero-order chi connectivity index (χ0) is 16.8. The number of nitrogens with one attached hydrogen (secondary N) is 2. The molecule has 2 fully saturated rings. The lowest BCUT2D eigenvalue weighted by molar-refractivity contribution is -0.119. The van der Waals surface area contributed by atoms with Gasteiger partial charge in [-0.1, -0.05) is 18.9 Å². The molecule has 3 rings (SSSR count). The number of hydrogen-bond donors (Lipinski definition) is 2. The third-order valence-corrected chi connectivity index (χ3v) is 5.32. The van der Waals surface area contributed by atoms with E-state index in [0.29, 0.717) is 12.1 Å². The second kappa shape index (κ2) is 8.41. The van der Waals surface area contributed by atoms with E-state index in [4.69, 9.17) is 0 Å². The first kappa shape index (κ1) is 17.1. The molecule has 1 amide bonds. The maximum Gasteiger partial charge on any atom is 0.217 e. The Morgan fingerprint density at radius 3 is 2.33 bits per heavy atom. The summed E-state index contributed by atoms with van der Waals surface area (Å²) >= 11 is 0. The van der Waals surface area contributed by atoms with Crippen molar-refractivity contribution in [2.24, 2.45) is 0 Å². The van der Waals surface area contributed by atoms with Gasteiger partial charge in [0.1, 0.15) is 0 Å². The third kappa shape index (κ3) is 4.89. The molecular formula is C20H31N3O. The van der Waals surface area contributed by atoms with Crippen molar-refractivity contribution in [2.75, 3.05) is 23.3 Å². The average Bonchev–Trinajstić information content (AvgIpc) is 2.86. The van der Waals surface area contributed by atoms with Crippen molar-refractivity contribution >= 4 is 17.3 Å². The molecule has 2 N–H and O–H groups in total. The molecule has 4 nitrogen and oxygen atoms in total. The topological polar surface area (TPSA) is 44.4 Å². The van der Waals surface area contributed by atoms with E-state index in [1.165, 1.54) is 50.1 Å². The highest BCUT2D eigenvalue weighted by Crippen LogP contribution is 2.26. The summed E-state index contributed by atoms with van der Waals surface area (Å²) in [6, 6.07) is 9.79. The van der Waals surface area contributed by atoms with Gasteiger partial charge in [0.25, 0.3) is 0 Å². The molecule has 4 heteroatoms. The van der Waals surface area contributed by atoms with Crippen LogP contribution in [0.2, 0.25) is 0 Å². The van der Waals surface area contributed by atoms with E-state index in [0.717, 1.165) is 25.7 Å². The number of anilines is 2. The second-order valence-corrected chi connectivity index (χ2v) is 7.34. The van der Waals surface area contributed by atoms with Gasteiger partial charge in [-0.3, -0.25) is 4.79 Å². The summed E-state index contributed by atoms with van der Waals surface area (Å²) in [5.41, 5.74) is 2.59. The molecule has 1 aliphatic heterocycles. The molecule has 0 aromatic heterocycles. The Hall–Kier alpha value is -1.71. The van der Waals surface area contributed by atoms with Crippen LogP contribution < -0.4 is 15.5 Å². The molecule has 1 aromatic carbocycles. The maximum absolute atomic E-state index is 11.2. The minimum Gasteiger partial charge on any atom is -0.382 e. The third-order valence-electron chi connectivity index (χ3n) is 5.32. The van der Waals surface area contributed by atoms with Crippen LogP contribution in [0, 0.1) is 0 Å². The molecule has 1 saturated carbocycles. The molecule has 0 atom stereocenters. The van der Waals surface area contributed by atoms with Crippen LogP contribution in [0.3, 0.4) is 0 Å². The van der Waals surface area contributed by atoms with Crippen molar-refractivity contribution in [3.05, 3.63) is 24.3 Å². The molecule has 0 radical (unpaired) electrons. The lowest BCUT2D eigenvalue weighted by Crippen LogP contribution is -2.39. The minimum absolute atomic E-state index is 0.0940. The van der Waals surface area contributed by atoms with E-state index in [1.54, 1.807) is 6.92 Å². The van der Waals surface area contributed by atoms with Crippen LogP contribution in [0.4, 0.5) is 11.4 Å². The van der Waals surface area contributed by atoms with Crippen LogP contribution in [0.15, 0.2) is 24.3 Å². The van der Waals surface area contributed by atoms with Crippen molar-refractivity contribution in [1.82, 2.24) is 5.32 Å². The molecule has 24 heavy (non-hydrogen) atoms. The predicted molar refractivity (Wildman–Crippen MR) is 101 cm³/mol. The van der Waals surface area contributed by atoms with Crippen molar-refractivity contribution < 1.29 is 4.79 Å². The molecular weight excluding hydrogens is 298 g/mol. The van der Waals surface area contributed by atoms with Gasteiger partial charge in [-0.25, -0.2) is 0 Å². The fourth-order valence-electron chi connectivity index (χ4n) is 4.03. The van der Waals surface area contributed by atoms with Crippen molar-refractivity contribution in [2.45, 2.75) is 70.4 Å². The Balaban J connectivity index is 1.54. The van der Waals surface area contributed by atoms with Crippen LogP contribution in [0.1, 0.15) is 58.3 Å². The zero-order valence-electron chi connectivity index (χ0n) is 14.9. The first-order valence-corrected chi connectivity index (χ1v) is 9.59. The Bertz CT molecular complexity index is 529. The lowest BCUT2D eigenvalue weighted by Gasteiger charge is -2.30. The zero-order valence-corrected chi connectivity index (χ0v) is 14.9. The highest BCUT2D eigenvalue weighted by atomic mass is 16.1. The molecule has 1 heterocycles. The fourth-order valence-corrected chi connectivity index (χ4v) is 4.03. The summed E-state index contributed by atoms with van der Waals surface area (Å²) in [5.74, 6) is 0.0940. The van der Waals surface area contributed by atoms with Gasteiger partial charge in [-0.15, -0.1) is 0 Å². The molecule has 132 valence electrons. The standard InChI is InChI=1S/C20H31N3O/c1-16(24)21-17-9-11-18(12-10-17)22-19-7-6-8-20(15-19)23-13-4-2-3-5-14-23/h6-8,15,17-18,22H,2-5,9-14H2,1H3,(H,21,24). The van der Waals surface area contributed by atoms with Gasteiger partial charge in [0.2, 0.25) is 5.91 Å². The average molecular weight is 329 g/mol. The molecule has 1 aliphatic carbocycles. The minimum atomic E-state index is 0.0940. The predicted octanol–water partition coefficient (Wildman–Crippen LogP) is 3.93. The van der Waals surface area contributed by atoms with Crippen molar-refractivity contribution in [3.63, 3.8) is 0 Å². The van der Waals surface area contributed by atoms with E-state index in [2.05, 4.69) is 39.8 Å². The summed E-state index contributed by atoms with van der Waals surface area (Å²) in [6.45, 7) is 3.98. The monoisotopic (exact) mass is 329 g/mol. The SMILES string of the molecule is CC(=O)NC1CCC(Nc2cccc(N3CCCCCC3)c2)CC1. The fraction of sp³-hybridized carbons (Fsp3) is 0.650. The number of benzene rings is 1. The van der Waals surface area contributed by atoms with Crippen LogP contribution in [-0.2, 0) is 4.79 Å². The number of hydrogen-bond acceptors (Lipinski definition) is 3. The first-order chi connectivity index (χ1) is 11.7. The van der Waals surface area contributed by atoms with Gasteiger partial charge in [0.15, 0.2) is 0 Å². The summed E-state index contributed by atoms with van der Waals surface area (Å²) in [6.07, 6.45) is 9.75. The lowest BCUT2D eigenvalue weighted by atomic mass is 9.91. The molecule has 1 saturated heterocycles. The quantitative estimate of drug-likeness (QED) is 0.880. The van der Waals surface area contributed by atoms with Gasteiger partial charge in [-0.2, -0.15) is 0 Å². The van der Waals surface area contributed by atoms with E-state index >= 15 is 0 Å². The van der Waals surface area contributed by atoms with Crippen LogP contribution in [-0.4, -0.2) is 31.1 Å². The summed E-state index contributed by atoms with van der Waals surface area (Å²) in [7, 11) is 0. The Morgan fingerprint density at radius 2 is 1.67 bits per heavy atom. The smallest absolute Gasteiger partial charge is 0.217 e. The van der Waals surface area contributed by atoms with Gasteiger partial charge < -0.3 is 15.5 Å². The van der Waals surface area contributed by atoms with Crippen molar-refractivity contribution in [1.29, 1.82) is 0 Å². The Labute approximate surface area is 146 Å². The maximum atomic E-state index is 11.2. The molecule has 2 aliphatic rings. The van der Waals surface area contributed by atoms with Gasteiger partial charge in [-0.05, 0) is 56.7 Å². The number of nitrogens with zero attached hydrogens (tertiary/aromatic N) is 1. The van der Waals surface area contributed by atoms with Gasteiger partial charge in [0, 0.05) is 43.5 Å². The van der Waals surface area contributed by atoms with E-state index in [1.807, 2.05) is 0 Å². The van der Waals surface area contributed by atoms with E-state index in [9.17, 15) is 4.79 Å². The van der Waals surface area contributed by atoms with Gasteiger partial charge >= 0.3 is 0 Å². The molecule has 0 unspecified atom stereocenters. The van der Waals surface area contributed by atoms with Crippen LogP contribution >= 0.6 is 0 Å². The summed E-state index contributed by atoms with van der Waals surface area (Å²) in [4.78, 5) is 13.7. The van der Waals surface area contributed by atoms with E-state index in [-0.39, 0.29) is 5.91 Å². The number of amides is 1. The second-order valence-electron chi connectivity index (χ2n) is 7.34. The number of rotatable bonds is 4. The molecule has 1 aromatic rings. The number of carbonyl (C=O) groups excluding carboxylic acids is 1. The number of carbonyl (C=O) groups is 1. The van der Waals surface area contributed by atoms with Gasteiger partial charge in [0.05, 0.1) is 0 Å². The highest BCUT2D eigenvalue weighted by Gasteiger charge is 2.21. The Kier molecular flexibility index (Phi) is 6.00.